The van der Waals surface area contributed by atoms with E-state index in [1.54, 1.807) is 11.8 Å². The van der Waals surface area contributed by atoms with Crippen molar-refractivity contribution in [2.75, 3.05) is 19.8 Å². The van der Waals surface area contributed by atoms with Gasteiger partial charge in [-0.1, -0.05) is 0 Å². The third-order valence-corrected chi connectivity index (χ3v) is 3.29. The number of rotatable bonds is 7. The lowest BCUT2D eigenvalue weighted by Gasteiger charge is -2.21. The average Bonchev–Trinajstić information content (AvgIpc) is 3.29. The van der Waals surface area contributed by atoms with E-state index < -0.39 is 4.92 Å². The maximum atomic E-state index is 12.4. The van der Waals surface area contributed by atoms with Crippen LogP contribution in [-0.2, 0) is 0 Å². The monoisotopic (exact) mass is 294 g/mol. The van der Waals surface area contributed by atoms with Gasteiger partial charge in [0.05, 0.1) is 18.1 Å². The summed E-state index contributed by atoms with van der Waals surface area (Å²) in [6, 6.07) is 4.33. The molecule has 1 aromatic rings. The van der Waals surface area contributed by atoms with Gasteiger partial charge in [0.15, 0.2) is 5.75 Å². The number of hydrogen-bond donors (Lipinski definition) is 1. The van der Waals surface area contributed by atoms with Crippen LogP contribution in [0.2, 0.25) is 0 Å². The highest BCUT2D eigenvalue weighted by Crippen LogP contribution is 2.31. The molecule has 0 radical (unpaired) electrons. The third-order valence-electron chi connectivity index (χ3n) is 3.29. The van der Waals surface area contributed by atoms with E-state index >= 15 is 0 Å². The summed E-state index contributed by atoms with van der Waals surface area (Å²) in [6.07, 6.45) is 1.82. The summed E-state index contributed by atoms with van der Waals surface area (Å²) in [4.78, 5) is 24.5. The minimum absolute atomic E-state index is 0.124. The van der Waals surface area contributed by atoms with E-state index in [9.17, 15) is 14.9 Å². The predicted molar refractivity (Wildman–Crippen MR) is 75.4 cm³/mol. The summed E-state index contributed by atoms with van der Waals surface area (Å²) >= 11 is 0. The van der Waals surface area contributed by atoms with Gasteiger partial charge < -0.3 is 14.7 Å². The molecule has 21 heavy (non-hydrogen) atoms. The molecule has 0 heterocycles. The number of amides is 1. The fourth-order valence-corrected chi connectivity index (χ4v) is 2.18. The Kier molecular flexibility index (Phi) is 4.74. The Balaban J connectivity index is 2.28. The molecule has 1 amide bonds. The number of nitrogens with zero attached hydrogens (tertiary/aromatic N) is 2. The predicted octanol–water partition coefficient (Wildman–Crippen LogP) is 1.59. The van der Waals surface area contributed by atoms with Crippen LogP contribution in [0.4, 0.5) is 5.69 Å². The second kappa shape index (κ2) is 6.53. The Hall–Kier alpha value is -2.15. The second-order valence-corrected chi connectivity index (χ2v) is 4.83. The number of hydrogen-bond acceptors (Lipinski definition) is 5. The van der Waals surface area contributed by atoms with Gasteiger partial charge >= 0.3 is 5.69 Å². The highest BCUT2D eigenvalue weighted by Gasteiger charge is 2.33. The minimum Gasteiger partial charge on any atom is -0.487 e. The van der Waals surface area contributed by atoms with Gasteiger partial charge in [-0.3, -0.25) is 14.9 Å². The topological polar surface area (TPSA) is 92.9 Å². The first-order valence-electron chi connectivity index (χ1n) is 6.91. The van der Waals surface area contributed by atoms with Gasteiger partial charge in [-0.05, 0) is 31.9 Å². The molecule has 0 spiro atoms. The van der Waals surface area contributed by atoms with Crippen LogP contribution in [0.1, 0.15) is 30.1 Å². The molecule has 114 valence electrons. The van der Waals surface area contributed by atoms with Gasteiger partial charge in [-0.2, -0.15) is 0 Å². The summed E-state index contributed by atoms with van der Waals surface area (Å²) in [7, 11) is 0. The number of carbonyl (C=O) groups is 1. The van der Waals surface area contributed by atoms with E-state index in [4.69, 9.17) is 9.84 Å². The van der Waals surface area contributed by atoms with Crippen molar-refractivity contribution >= 4 is 11.6 Å². The maximum Gasteiger partial charge on any atom is 0.311 e. The van der Waals surface area contributed by atoms with Crippen LogP contribution in [0.25, 0.3) is 0 Å². The number of carbonyl (C=O) groups excluding carboxylic acids is 1. The molecule has 7 nitrogen and oxygen atoms in total. The molecule has 1 aliphatic rings. The van der Waals surface area contributed by atoms with Crippen LogP contribution in [-0.4, -0.2) is 46.6 Å². The summed E-state index contributed by atoms with van der Waals surface area (Å²) in [6.45, 7) is 2.16. The van der Waals surface area contributed by atoms with Crippen molar-refractivity contribution in [3.63, 3.8) is 0 Å². The van der Waals surface area contributed by atoms with E-state index in [1.165, 1.54) is 18.2 Å². The fourth-order valence-electron chi connectivity index (χ4n) is 2.18. The zero-order valence-corrected chi connectivity index (χ0v) is 11.8. The molecule has 0 unspecified atom stereocenters. The van der Waals surface area contributed by atoms with Crippen molar-refractivity contribution in [3.05, 3.63) is 33.9 Å². The quantitative estimate of drug-likeness (QED) is 0.609. The van der Waals surface area contributed by atoms with E-state index in [-0.39, 0.29) is 42.1 Å². The summed E-state index contributed by atoms with van der Waals surface area (Å²) in [5.41, 5.74) is 0.0212. The van der Waals surface area contributed by atoms with E-state index in [2.05, 4.69) is 0 Å². The molecule has 1 saturated carbocycles. The third kappa shape index (κ3) is 3.49. The van der Waals surface area contributed by atoms with Crippen molar-refractivity contribution in [2.24, 2.45) is 0 Å². The zero-order chi connectivity index (χ0) is 15.4. The van der Waals surface area contributed by atoms with Gasteiger partial charge in [-0.25, -0.2) is 0 Å². The number of aliphatic hydroxyl groups is 1. The van der Waals surface area contributed by atoms with Gasteiger partial charge in [0.2, 0.25) is 0 Å². The lowest BCUT2D eigenvalue weighted by molar-refractivity contribution is -0.385. The largest absolute Gasteiger partial charge is 0.487 e. The van der Waals surface area contributed by atoms with Gasteiger partial charge in [-0.15, -0.1) is 0 Å². The summed E-state index contributed by atoms with van der Waals surface area (Å²) in [5, 5.41) is 20.1. The van der Waals surface area contributed by atoms with E-state index in [0.29, 0.717) is 6.61 Å². The fraction of sp³-hybridized carbons (Fsp3) is 0.500. The van der Waals surface area contributed by atoms with Gasteiger partial charge in [0.1, 0.15) is 0 Å². The molecule has 1 N–H and O–H groups in total. The molecule has 0 aliphatic heterocycles. The summed E-state index contributed by atoms with van der Waals surface area (Å²) in [5.74, 6) is -0.142. The number of benzene rings is 1. The van der Waals surface area contributed by atoms with Crippen molar-refractivity contribution in [2.45, 2.75) is 25.8 Å². The Morgan fingerprint density at radius 1 is 1.52 bits per heavy atom. The first-order chi connectivity index (χ1) is 10.1. The molecule has 1 aliphatic carbocycles. The lowest BCUT2D eigenvalue weighted by Crippen LogP contribution is -2.35. The van der Waals surface area contributed by atoms with E-state index in [1.807, 2.05) is 0 Å². The van der Waals surface area contributed by atoms with Crippen LogP contribution < -0.4 is 4.74 Å². The van der Waals surface area contributed by atoms with Crippen LogP contribution in [0, 0.1) is 10.1 Å². The Labute approximate surface area is 122 Å². The van der Waals surface area contributed by atoms with Crippen LogP contribution in [0.15, 0.2) is 18.2 Å². The van der Waals surface area contributed by atoms with Gasteiger partial charge in [0, 0.05) is 24.2 Å². The standard InChI is InChI=1S/C14H18N2O5/c1-2-21-13-6-3-10(9-12(13)16(19)20)14(18)15(7-8-17)11-4-5-11/h3,6,9,11,17H,2,4-5,7-8H2,1H3. The first-order valence-corrected chi connectivity index (χ1v) is 6.91. The van der Waals surface area contributed by atoms with Crippen molar-refractivity contribution in [1.82, 2.24) is 4.90 Å². The molecule has 0 bridgehead atoms. The van der Waals surface area contributed by atoms with Crippen LogP contribution in [0.3, 0.4) is 0 Å². The lowest BCUT2D eigenvalue weighted by atomic mass is 10.1. The molecular weight excluding hydrogens is 276 g/mol. The molecule has 7 heteroatoms. The number of aliphatic hydroxyl groups excluding tert-OH is 1. The molecule has 0 aromatic heterocycles. The van der Waals surface area contributed by atoms with E-state index in [0.717, 1.165) is 12.8 Å². The SMILES string of the molecule is CCOc1ccc(C(=O)N(CCO)C2CC2)cc1[N+](=O)[O-]. The van der Waals surface area contributed by atoms with Crippen LogP contribution >= 0.6 is 0 Å². The average molecular weight is 294 g/mol. The van der Waals surface area contributed by atoms with Crippen molar-refractivity contribution in [1.29, 1.82) is 0 Å². The molecule has 0 saturated heterocycles. The second-order valence-electron chi connectivity index (χ2n) is 4.83. The first kappa shape index (κ1) is 15.2. The Bertz CT molecular complexity index is 542. The van der Waals surface area contributed by atoms with Crippen LogP contribution in [0.5, 0.6) is 5.75 Å². The highest BCUT2D eigenvalue weighted by atomic mass is 16.6. The number of ether oxygens (including phenoxy) is 1. The smallest absolute Gasteiger partial charge is 0.311 e. The summed E-state index contributed by atoms with van der Waals surface area (Å²) < 4.78 is 5.19. The van der Waals surface area contributed by atoms with Gasteiger partial charge in [0.25, 0.3) is 5.91 Å². The Morgan fingerprint density at radius 2 is 2.24 bits per heavy atom. The molecule has 1 aromatic carbocycles. The molecule has 0 atom stereocenters. The van der Waals surface area contributed by atoms with Crippen molar-refractivity contribution in [3.8, 4) is 5.75 Å². The number of nitro groups is 1. The van der Waals surface area contributed by atoms with Crippen molar-refractivity contribution < 1.29 is 19.6 Å². The molecule has 1 fully saturated rings. The Morgan fingerprint density at radius 3 is 2.76 bits per heavy atom. The zero-order valence-electron chi connectivity index (χ0n) is 11.8. The minimum atomic E-state index is -0.560. The number of nitro benzene ring substituents is 1. The molecular formula is C14H18N2O5. The maximum absolute atomic E-state index is 12.4. The highest BCUT2D eigenvalue weighted by molar-refractivity contribution is 5.95. The molecule has 2 rings (SSSR count). The normalized spacial score (nSPS) is 13.8.